The number of nitrogens with one attached hydrogen (secondary N) is 1. The lowest BCUT2D eigenvalue weighted by Gasteiger charge is -2.14. The molecule has 0 bridgehead atoms. The third kappa shape index (κ3) is 3.06. The molecule has 5 rings (SSSR count). The van der Waals surface area contributed by atoms with Crippen molar-refractivity contribution < 1.29 is 19.0 Å². The third-order valence-corrected chi connectivity index (χ3v) is 5.47. The molecule has 0 radical (unpaired) electrons. The molecule has 2 aromatic heterocycles. The summed E-state index contributed by atoms with van der Waals surface area (Å²) in [5.41, 5.74) is 4.04. The van der Waals surface area contributed by atoms with Gasteiger partial charge in [0, 0.05) is 16.8 Å². The Kier molecular flexibility index (Phi) is 4.78. The van der Waals surface area contributed by atoms with Gasteiger partial charge >= 0.3 is 0 Å². The van der Waals surface area contributed by atoms with Gasteiger partial charge in [0.2, 0.25) is 5.88 Å². The Morgan fingerprint density at radius 2 is 1.62 bits per heavy atom. The largest absolute Gasteiger partial charge is 0.497 e. The predicted octanol–water partition coefficient (Wildman–Crippen LogP) is 5.55. The fraction of sp³-hybridized carbons (Fsp3) is 0.0800. The van der Waals surface area contributed by atoms with Crippen LogP contribution in [-0.4, -0.2) is 34.1 Å². The average molecular weight is 429 g/mol. The summed E-state index contributed by atoms with van der Waals surface area (Å²) in [6.45, 7) is 0. The number of fused-ring (bicyclic) bond motifs is 1. The predicted molar refractivity (Wildman–Crippen MR) is 121 cm³/mol. The van der Waals surface area contributed by atoms with Crippen molar-refractivity contribution in [2.75, 3.05) is 14.2 Å². The van der Waals surface area contributed by atoms with Crippen molar-refractivity contribution in [2.24, 2.45) is 0 Å². The maximum absolute atomic E-state index is 13.6. The first kappa shape index (κ1) is 19.7. The third-order valence-electron chi connectivity index (χ3n) is 5.47. The number of aromatic nitrogens is 3. The van der Waals surface area contributed by atoms with E-state index in [-0.39, 0.29) is 11.7 Å². The molecule has 0 fully saturated rings. The first-order valence-electron chi connectivity index (χ1n) is 9.98. The van der Waals surface area contributed by atoms with Crippen LogP contribution >= 0.6 is 0 Å². The quantitative estimate of drug-likeness (QED) is 0.384. The summed E-state index contributed by atoms with van der Waals surface area (Å²) in [6, 6.07) is 21.0. The SMILES string of the molecule is COc1ccc(-c2n[nH]c3c(O)n(-c4ccc(F)cc4)c(-c4ccccc4OC)c23)cc1. The maximum atomic E-state index is 13.6. The summed E-state index contributed by atoms with van der Waals surface area (Å²) in [5, 5.41) is 19.4. The normalized spacial score (nSPS) is 11.1. The molecule has 5 aromatic rings. The van der Waals surface area contributed by atoms with Gasteiger partial charge < -0.3 is 14.6 Å². The first-order valence-corrected chi connectivity index (χ1v) is 9.98. The van der Waals surface area contributed by atoms with Gasteiger partial charge in [-0.2, -0.15) is 5.10 Å². The Hall–Kier alpha value is -4.26. The van der Waals surface area contributed by atoms with Crippen LogP contribution in [0.3, 0.4) is 0 Å². The highest BCUT2D eigenvalue weighted by atomic mass is 19.1. The number of para-hydroxylation sites is 1. The molecule has 0 amide bonds. The van der Waals surface area contributed by atoms with Crippen LogP contribution in [0.15, 0.2) is 72.8 Å². The Labute approximate surface area is 183 Å². The van der Waals surface area contributed by atoms with Crippen LogP contribution in [0, 0.1) is 5.82 Å². The van der Waals surface area contributed by atoms with Crippen molar-refractivity contribution in [1.29, 1.82) is 0 Å². The number of aromatic hydroxyl groups is 1. The van der Waals surface area contributed by atoms with E-state index >= 15 is 0 Å². The van der Waals surface area contributed by atoms with E-state index in [0.29, 0.717) is 28.3 Å². The zero-order valence-electron chi connectivity index (χ0n) is 17.5. The summed E-state index contributed by atoms with van der Waals surface area (Å²) >= 11 is 0. The fourth-order valence-electron chi connectivity index (χ4n) is 3.96. The van der Waals surface area contributed by atoms with Crippen LogP contribution in [-0.2, 0) is 0 Å². The Balaban J connectivity index is 1.86. The second kappa shape index (κ2) is 7.77. The number of ether oxygens (including phenoxy) is 2. The van der Waals surface area contributed by atoms with Gasteiger partial charge in [0.25, 0.3) is 0 Å². The molecule has 2 heterocycles. The lowest BCUT2D eigenvalue weighted by Crippen LogP contribution is -1.99. The van der Waals surface area contributed by atoms with Gasteiger partial charge in [-0.3, -0.25) is 9.67 Å². The van der Waals surface area contributed by atoms with E-state index in [9.17, 15) is 9.50 Å². The van der Waals surface area contributed by atoms with Crippen molar-refractivity contribution in [3.63, 3.8) is 0 Å². The van der Waals surface area contributed by atoms with E-state index in [4.69, 9.17) is 9.47 Å². The Morgan fingerprint density at radius 3 is 2.31 bits per heavy atom. The van der Waals surface area contributed by atoms with Crippen LogP contribution < -0.4 is 9.47 Å². The number of H-pyrrole nitrogens is 1. The van der Waals surface area contributed by atoms with E-state index in [1.54, 1.807) is 30.9 Å². The van der Waals surface area contributed by atoms with E-state index in [2.05, 4.69) is 10.2 Å². The highest BCUT2D eigenvalue weighted by Crippen LogP contribution is 2.46. The molecule has 2 N–H and O–H groups in total. The first-order chi connectivity index (χ1) is 15.6. The van der Waals surface area contributed by atoms with Crippen LogP contribution in [0.25, 0.3) is 39.1 Å². The topological polar surface area (TPSA) is 72.3 Å². The van der Waals surface area contributed by atoms with Crippen LogP contribution in [0.5, 0.6) is 17.4 Å². The van der Waals surface area contributed by atoms with Crippen molar-refractivity contribution in [3.05, 3.63) is 78.6 Å². The van der Waals surface area contributed by atoms with Crippen molar-refractivity contribution >= 4 is 10.9 Å². The molecular weight excluding hydrogens is 409 g/mol. The van der Waals surface area contributed by atoms with Gasteiger partial charge in [0.05, 0.1) is 25.3 Å². The molecule has 32 heavy (non-hydrogen) atoms. The summed E-state index contributed by atoms with van der Waals surface area (Å²) < 4.78 is 26.2. The number of benzene rings is 3. The number of aromatic amines is 1. The van der Waals surface area contributed by atoms with Crippen LogP contribution in [0.4, 0.5) is 4.39 Å². The molecule has 0 aliphatic carbocycles. The Morgan fingerprint density at radius 1 is 0.906 bits per heavy atom. The van der Waals surface area contributed by atoms with E-state index in [0.717, 1.165) is 22.3 Å². The number of rotatable bonds is 5. The molecule has 3 aromatic carbocycles. The summed E-state index contributed by atoms with van der Waals surface area (Å²) in [6.07, 6.45) is 0. The molecule has 0 aliphatic rings. The standard InChI is InChI=1S/C25H20FN3O3/c1-31-18-13-7-15(8-14-18)22-21-23(28-27-22)25(30)29(17-11-9-16(26)10-12-17)24(21)19-5-3-4-6-20(19)32-2/h3-14,28,30H,1-2H3. The lowest BCUT2D eigenvalue weighted by atomic mass is 10.0. The fourth-order valence-corrected chi connectivity index (χ4v) is 3.96. The summed E-state index contributed by atoms with van der Waals surface area (Å²) in [5.74, 6) is 0.986. The average Bonchev–Trinajstić information content (AvgIpc) is 3.39. The second-order valence-corrected chi connectivity index (χ2v) is 7.24. The van der Waals surface area contributed by atoms with E-state index < -0.39 is 0 Å². The van der Waals surface area contributed by atoms with Gasteiger partial charge in [-0.05, 0) is 60.7 Å². The number of hydrogen-bond acceptors (Lipinski definition) is 4. The van der Waals surface area contributed by atoms with Crippen LogP contribution in [0.2, 0.25) is 0 Å². The van der Waals surface area contributed by atoms with Gasteiger partial charge in [-0.1, -0.05) is 12.1 Å². The van der Waals surface area contributed by atoms with Crippen molar-refractivity contribution in [1.82, 2.24) is 14.8 Å². The molecule has 0 spiro atoms. The number of nitrogens with zero attached hydrogens (tertiary/aromatic N) is 2. The van der Waals surface area contributed by atoms with Gasteiger partial charge in [0.1, 0.15) is 28.5 Å². The van der Waals surface area contributed by atoms with Gasteiger partial charge in [-0.25, -0.2) is 4.39 Å². The van der Waals surface area contributed by atoms with Crippen molar-refractivity contribution in [3.8, 4) is 45.6 Å². The molecule has 6 nitrogen and oxygen atoms in total. The number of hydrogen-bond donors (Lipinski definition) is 2. The minimum Gasteiger partial charge on any atom is -0.497 e. The summed E-state index contributed by atoms with van der Waals surface area (Å²) in [4.78, 5) is 0. The molecule has 0 saturated heterocycles. The minimum atomic E-state index is -0.356. The summed E-state index contributed by atoms with van der Waals surface area (Å²) in [7, 11) is 3.21. The van der Waals surface area contributed by atoms with E-state index in [1.165, 1.54) is 12.1 Å². The smallest absolute Gasteiger partial charge is 0.222 e. The lowest BCUT2D eigenvalue weighted by molar-refractivity contribution is 0.415. The minimum absolute atomic E-state index is 0.0280. The monoisotopic (exact) mass is 429 g/mol. The molecule has 0 saturated carbocycles. The maximum Gasteiger partial charge on any atom is 0.222 e. The molecule has 7 heteroatoms. The Bertz CT molecular complexity index is 1400. The van der Waals surface area contributed by atoms with Crippen molar-refractivity contribution in [2.45, 2.75) is 0 Å². The van der Waals surface area contributed by atoms with Gasteiger partial charge in [-0.15, -0.1) is 0 Å². The number of halogens is 1. The molecular formula is C25H20FN3O3. The number of methoxy groups -OCH3 is 2. The highest BCUT2D eigenvalue weighted by molar-refractivity contribution is 6.07. The molecule has 0 atom stereocenters. The zero-order valence-corrected chi connectivity index (χ0v) is 17.5. The molecule has 0 aliphatic heterocycles. The second-order valence-electron chi connectivity index (χ2n) is 7.24. The van der Waals surface area contributed by atoms with E-state index in [1.807, 2.05) is 48.5 Å². The van der Waals surface area contributed by atoms with Crippen LogP contribution in [0.1, 0.15) is 0 Å². The van der Waals surface area contributed by atoms with Gasteiger partial charge in [0.15, 0.2) is 0 Å². The molecule has 160 valence electrons. The molecule has 0 unspecified atom stereocenters. The zero-order chi connectivity index (χ0) is 22.2. The highest BCUT2D eigenvalue weighted by Gasteiger charge is 2.26.